The molecule has 0 radical (unpaired) electrons. The van der Waals surface area contributed by atoms with E-state index in [-0.39, 0.29) is 0 Å². The molecule has 0 bridgehead atoms. The molecule has 4 nitrogen and oxygen atoms in total. The van der Waals surface area contributed by atoms with E-state index in [1.165, 1.54) is 55.0 Å². The van der Waals surface area contributed by atoms with Crippen LogP contribution in [0.3, 0.4) is 0 Å². The third-order valence-corrected chi connectivity index (χ3v) is 10.9. The standard InChI is InChI=1S/C20H13NS.C13H11BO2.C7H4ClNS/c1-2-8-15-13(6-1)12-14-7-5-9-16(19(14)15)20-21-17-10-3-4-11-18(17)22-20;15-14(16)12-7-3-5-10-8-9-4-1-2-6-11(9)13(10)12;8-7-9-5-3-1-2-4-6(5)10-7/h1-11H,12H2;1-7,15-16H,8H2;1-4H. The Kier molecular flexibility index (Phi) is 8.39. The number of benzene rings is 6. The molecule has 0 aliphatic heterocycles. The highest BCUT2D eigenvalue weighted by atomic mass is 35.5. The molecule has 0 amide bonds. The van der Waals surface area contributed by atoms with Crippen LogP contribution in [0.2, 0.25) is 4.47 Å². The molecular formula is C40H28BClN2O2S2. The SMILES string of the molecule is Clc1nc2ccccc2s1.OB(O)c1cccc2c1-c1ccccc1C2.c1ccc2c(c1)Cc1cccc(-c3nc4ccccc4s3)c1-2. The van der Waals surface area contributed by atoms with E-state index in [1.807, 2.05) is 54.6 Å². The Bertz CT molecular complexity index is 2370. The van der Waals surface area contributed by atoms with Crippen molar-refractivity contribution < 1.29 is 10.0 Å². The Hall–Kier alpha value is -4.63. The van der Waals surface area contributed by atoms with Crippen LogP contribution in [0.5, 0.6) is 0 Å². The first-order valence-electron chi connectivity index (χ1n) is 15.7. The lowest BCUT2D eigenvalue weighted by molar-refractivity contribution is 0.426. The Morgan fingerprint density at radius 1 is 0.500 bits per heavy atom. The second kappa shape index (κ2) is 13.1. The smallest absolute Gasteiger partial charge is 0.423 e. The van der Waals surface area contributed by atoms with E-state index >= 15 is 0 Å². The van der Waals surface area contributed by atoms with Crippen molar-refractivity contribution in [3.63, 3.8) is 0 Å². The summed E-state index contributed by atoms with van der Waals surface area (Å²) in [7, 11) is -1.40. The second-order valence-electron chi connectivity index (χ2n) is 11.7. The Morgan fingerprint density at radius 3 is 1.65 bits per heavy atom. The van der Waals surface area contributed by atoms with Crippen LogP contribution in [-0.4, -0.2) is 27.1 Å². The first kappa shape index (κ1) is 30.7. The van der Waals surface area contributed by atoms with Gasteiger partial charge in [-0.05, 0) is 87.1 Å². The van der Waals surface area contributed by atoms with Gasteiger partial charge in [0.15, 0.2) is 4.47 Å². The lowest BCUT2D eigenvalue weighted by Crippen LogP contribution is -2.31. The van der Waals surface area contributed by atoms with Crippen molar-refractivity contribution in [1.29, 1.82) is 0 Å². The van der Waals surface area contributed by atoms with Crippen LogP contribution in [-0.2, 0) is 12.8 Å². The van der Waals surface area contributed by atoms with Crippen LogP contribution in [0.25, 0.3) is 53.3 Å². The number of hydrogen-bond donors (Lipinski definition) is 2. The lowest BCUT2D eigenvalue weighted by Gasteiger charge is -2.08. The summed E-state index contributed by atoms with van der Waals surface area (Å²) < 4.78 is 3.01. The monoisotopic (exact) mass is 678 g/mol. The fourth-order valence-corrected chi connectivity index (χ4v) is 8.66. The van der Waals surface area contributed by atoms with Crippen molar-refractivity contribution in [2.75, 3.05) is 0 Å². The summed E-state index contributed by atoms with van der Waals surface area (Å²) in [6, 6.07) is 45.4. The lowest BCUT2D eigenvalue weighted by atomic mass is 9.75. The Balaban J connectivity index is 0.000000113. The summed E-state index contributed by atoms with van der Waals surface area (Å²) in [4.78, 5) is 8.95. The number of halogens is 1. The topological polar surface area (TPSA) is 66.2 Å². The molecule has 2 aliphatic carbocycles. The molecule has 8 heteroatoms. The first-order chi connectivity index (χ1) is 23.5. The number of nitrogens with zero attached hydrogens (tertiary/aromatic N) is 2. The van der Waals surface area contributed by atoms with Gasteiger partial charge in [0.1, 0.15) is 5.01 Å². The van der Waals surface area contributed by atoms with Gasteiger partial charge < -0.3 is 10.0 Å². The van der Waals surface area contributed by atoms with E-state index in [2.05, 4.69) is 77.8 Å². The molecule has 6 aromatic carbocycles. The third kappa shape index (κ3) is 5.85. The van der Waals surface area contributed by atoms with Gasteiger partial charge in [0.05, 0.1) is 20.4 Å². The number of fused-ring (bicyclic) bond motifs is 8. The Labute approximate surface area is 291 Å². The number of aromatic nitrogens is 2. The minimum Gasteiger partial charge on any atom is -0.423 e. The van der Waals surface area contributed by atoms with Gasteiger partial charge in [-0.25, -0.2) is 9.97 Å². The van der Waals surface area contributed by atoms with Crippen molar-refractivity contribution in [2.45, 2.75) is 12.8 Å². The molecule has 48 heavy (non-hydrogen) atoms. The molecule has 0 saturated carbocycles. The highest BCUT2D eigenvalue weighted by Gasteiger charge is 2.25. The maximum Gasteiger partial charge on any atom is 0.489 e. The molecule has 232 valence electrons. The normalized spacial score (nSPS) is 11.9. The van der Waals surface area contributed by atoms with E-state index in [9.17, 15) is 10.0 Å². The maximum atomic E-state index is 9.37. The van der Waals surface area contributed by atoms with Gasteiger partial charge >= 0.3 is 7.12 Å². The third-order valence-electron chi connectivity index (χ3n) is 8.74. The fraction of sp³-hybridized carbons (Fsp3) is 0.0500. The average Bonchev–Trinajstić information content (AvgIpc) is 3.89. The van der Waals surface area contributed by atoms with Crippen molar-refractivity contribution in [3.05, 3.63) is 160 Å². The summed E-state index contributed by atoms with van der Waals surface area (Å²) in [5.41, 5.74) is 14.1. The summed E-state index contributed by atoms with van der Waals surface area (Å²) in [5, 5.41) is 19.9. The summed E-state index contributed by atoms with van der Waals surface area (Å²) >= 11 is 8.98. The molecule has 10 rings (SSSR count). The minimum atomic E-state index is -1.40. The molecule has 2 aromatic heterocycles. The van der Waals surface area contributed by atoms with Gasteiger partial charge in [0.2, 0.25) is 0 Å². The molecule has 0 spiro atoms. The van der Waals surface area contributed by atoms with Crippen LogP contribution in [0.4, 0.5) is 0 Å². The van der Waals surface area contributed by atoms with Crippen LogP contribution >= 0.6 is 34.3 Å². The average molecular weight is 679 g/mol. The van der Waals surface area contributed by atoms with E-state index in [0.717, 1.165) is 44.7 Å². The largest absolute Gasteiger partial charge is 0.489 e. The summed E-state index contributed by atoms with van der Waals surface area (Å²) in [5.74, 6) is 0. The van der Waals surface area contributed by atoms with Crippen molar-refractivity contribution in [3.8, 4) is 32.8 Å². The zero-order valence-electron chi connectivity index (χ0n) is 25.7. The molecule has 2 aliphatic rings. The van der Waals surface area contributed by atoms with Crippen LogP contribution in [0, 0.1) is 0 Å². The molecule has 8 aromatic rings. The number of thiazole rings is 2. The predicted molar refractivity (Wildman–Crippen MR) is 202 cm³/mol. The van der Waals surface area contributed by atoms with Gasteiger partial charge in [-0.1, -0.05) is 121 Å². The van der Waals surface area contributed by atoms with Gasteiger partial charge in [0, 0.05) is 5.56 Å². The van der Waals surface area contributed by atoms with Crippen LogP contribution < -0.4 is 5.46 Å². The molecule has 0 saturated heterocycles. The van der Waals surface area contributed by atoms with E-state index in [4.69, 9.17) is 16.6 Å². The van der Waals surface area contributed by atoms with Crippen molar-refractivity contribution in [1.82, 2.24) is 9.97 Å². The molecule has 0 fully saturated rings. The summed E-state index contributed by atoms with van der Waals surface area (Å²) in [6.07, 6.45) is 1.91. The maximum absolute atomic E-state index is 9.37. The van der Waals surface area contributed by atoms with E-state index in [1.54, 1.807) is 17.4 Å². The molecule has 2 N–H and O–H groups in total. The van der Waals surface area contributed by atoms with Crippen molar-refractivity contribution in [2.24, 2.45) is 0 Å². The first-order valence-corrected chi connectivity index (χ1v) is 17.7. The highest BCUT2D eigenvalue weighted by Crippen LogP contribution is 2.44. The van der Waals surface area contributed by atoms with Crippen molar-refractivity contribution >= 4 is 67.3 Å². The molecule has 0 atom stereocenters. The highest BCUT2D eigenvalue weighted by molar-refractivity contribution is 7.22. The van der Waals surface area contributed by atoms with Crippen LogP contribution in [0.15, 0.2) is 133 Å². The summed E-state index contributed by atoms with van der Waals surface area (Å²) in [6.45, 7) is 0. The number of para-hydroxylation sites is 2. The quantitative estimate of drug-likeness (QED) is 0.179. The second-order valence-corrected chi connectivity index (χ2v) is 14.3. The minimum absolute atomic E-state index is 0.599. The van der Waals surface area contributed by atoms with Gasteiger partial charge in [-0.3, -0.25) is 0 Å². The van der Waals surface area contributed by atoms with Gasteiger partial charge in [-0.2, -0.15) is 0 Å². The Morgan fingerprint density at radius 2 is 1.00 bits per heavy atom. The molecule has 0 unspecified atom stereocenters. The predicted octanol–water partition coefficient (Wildman–Crippen LogP) is 9.42. The van der Waals surface area contributed by atoms with E-state index in [0.29, 0.717) is 9.93 Å². The number of rotatable bonds is 2. The van der Waals surface area contributed by atoms with E-state index < -0.39 is 7.12 Å². The zero-order valence-corrected chi connectivity index (χ0v) is 28.1. The number of hydrogen-bond acceptors (Lipinski definition) is 6. The van der Waals surface area contributed by atoms with Crippen LogP contribution in [0.1, 0.15) is 22.3 Å². The molecular weight excluding hydrogens is 651 g/mol. The van der Waals surface area contributed by atoms with Gasteiger partial charge in [-0.15, -0.1) is 22.7 Å². The molecule has 2 heterocycles. The fourth-order valence-electron chi connectivity index (χ4n) is 6.63. The van der Waals surface area contributed by atoms with Gasteiger partial charge in [0.25, 0.3) is 0 Å². The zero-order chi connectivity index (χ0) is 32.6.